The van der Waals surface area contributed by atoms with Gasteiger partial charge in [0.1, 0.15) is 0 Å². The van der Waals surface area contributed by atoms with E-state index in [0.29, 0.717) is 28.3 Å². The van der Waals surface area contributed by atoms with Gasteiger partial charge >= 0.3 is 0 Å². The van der Waals surface area contributed by atoms with E-state index < -0.39 is 0 Å². The number of hydrogen-bond acceptors (Lipinski definition) is 5. The molecule has 0 saturated carbocycles. The summed E-state index contributed by atoms with van der Waals surface area (Å²) in [6.07, 6.45) is 1.48. The minimum absolute atomic E-state index is 0.372. The largest absolute Gasteiger partial charge is 0.493 e. The molecule has 0 unspecified atom stereocenters. The van der Waals surface area contributed by atoms with Crippen LogP contribution in [0.5, 0.6) is 11.5 Å². The van der Waals surface area contributed by atoms with E-state index in [1.165, 1.54) is 6.21 Å². The van der Waals surface area contributed by atoms with E-state index in [9.17, 15) is 4.79 Å². The second-order valence-electron chi connectivity index (χ2n) is 4.37. The minimum atomic E-state index is -0.379. The number of nitrogens with two attached hydrogens (primary N) is 1. The molecule has 3 N–H and O–H groups in total. The van der Waals surface area contributed by atoms with Crippen LogP contribution in [0.1, 0.15) is 15.9 Å². The van der Waals surface area contributed by atoms with Crippen molar-refractivity contribution in [3.8, 4) is 11.5 Å². The molecule has 0 atom stereocenters. The van der Waals surface area contributed by atoms with Crippen molar-refractivity contribution in [3.05, 3.63) is 53.6 Å². The number of rotatable bonds is 5. The Hall–Kier alpha value is -3.02. The lowest BCUT2D eigenvalue weighted by atomic mass is 10.2. The fourth-order valence-corrected chi connectivity index (χ4v) is 1.94. The van der Waals surface area contributed by atoms with Crippen molar-refractivity contribution in [3.63, 3.8) is 0 Å². The number of nitrogens with zero attached hydrogens (tertiary/aromatic N) is 1. The van der Waals surface area contributed by atoms with E-state index in [-0.39, 0.29) is 5.91 Å². The monoisotopic (exact) mass is 299 g/mol. The normalized spacial score (nSPS) is 10.5. The molecule has 22 heavy (non-hydrogen) atoms. The van der Waals surface area contributed by atoms with E-state index in [1.807, 2.05) is 0 Å². The highest BCUT2D eigenvalue weighted by molar-refractivity contribution is 5.99. The third kappa shape index (κ3) is 3.35. The third-order valence-corrected chi connectivity index (χ3v) is 3.01. The molecule has 0 radical (unpaired) electrons. The van der Waals surface area contributed by atoms with Gasteiger partial charge < -0.3 is 15.2 Å². The lowest BCUT2D eigenvalue weighted by molar-refractivity contribution is 0.0956. The number of carbonyl (C=O) groups excluding carboxylic acids is 1. The lowest BCUT2D eigenvalue weighted by Crippen LogP contribution is -2.19. The summed E-state index contributed by atoms with van der Waals surface area (Å²) in [5, 5.41) is 3.93. The summed E-state index contributed by atoms with van der Waals surface area (Å²) in [5.74, 6) is 0.753. The van der Waals surface area contributed by atoms with Gasteiger partial charge in [-0.3, -0.25) is 4.79 Å². The second kappa shape index (κ2) is 7.12. The summed E-state index contributed by atoms with van der Waals surface area (Å²) in [7, 11) is 3.09. The average Bonchev–Trinajstić information content (AvgIpc) is 2.54. The van der Waals surface area contributed by atoms with Gasteiger partial charge in [0.25, 0.3) is 5.91 Å². The lowest BCUT2D eigenvalue weighted by Gasteiger charge is -2.09. The molecule has 6 heteroatoms. The highest BCUT2D eigenvalue weighted by Gasteiger charge is 2.09. The van der Waals surface area contributed by atoms with Crippen molar-refractivity contribution in [1.29, 1.82) is 0 Å². The van der Waals surface area contributed by atoms with Crippen molar-refractivity contribution in [2.45, 2.75) is 0 Å². The van der Waals surface area contributed by atoms with Gasteiger partial charge in [-0.25, -0.2) is 5.43 Å². The smallest absolute Gasteiger partial charge is 0.273 e. The first-order valence-corrected chi connectivity index (χ1v) is 6.56. The van der Waals surface area contributed by atoms with Gasteiger partial charge in [0, 0.05) is 11.3 Å². The van der Waals surface area contributed by atoms with Crippen LogP contribution in [0, 0.1) is 0 Å². The van der Waals surface area contributed by atoms with Crippen LogP contribution in [0.3, 0.4) is 0 Å². The quantitative estimate of drug-likeness (QED) is 0.502. The Bertz CT molecular complexity index is 699. The fourth-order valence-electron chi connectivity index (χ4n) is 1.94. The standard InChI is InChI=1S/C16H17N3O3/c1-21-14-9-5-6-11(15(14)22-2)10-18-19-16(20)12-7-3-4-8-13(12)17/h3-10H,17H2,1-2H3,(H,19,20)/b18-10+. The summed E-state index contributed by atoms with van der Waals surface area (Å²) < 4.78 is 10.5. The van der Waals surface area contributed by atoms with E-state index in [0.717, 1.165) is 0 Å². The molecule has 114 valence electrons. The third-order valence-electron chi connectivity index (χ3n) is 3.01. The predicted molar refractivity (Wildman–Crippen MR) is 85.5 cm³/mol. The van der Waals surface area contributed by atoms with Crippen molar-refractivity contribution in [1.82, 2.24) is 5.43 Å². The molecule has 2 aromatic rings. The highest BCUT2D eigenvalue weighted by Crippen LogP contribution is 2.29. The van der Waals surface area contributed by atoms with Crippen molar-refractivity contribution >= 4 is 17.8 Å². The molecule has 0 aliphatic heterocycles. The van der Waals surface area contributed by atoms with Crippen molar-refractivity contribution in [2.24, 2.45) is 5.10 Å². The zero-order chi connectivity index (χ0) is 15.9. The summed E-state index contributed by atoms with van der Waals surface area (Å²) >= 11 is 0. The molecule has 0 heterocycles. The van der Waals surface area contributed by atoms with Gasteiger partial charge in [-0.1, -0.05) is 18.2 Å². The molecule has 0 bridgehead atoms. The molecular weight excluding hydrogens is 282 g/mol. The van der Waals surface area contributed by atoms with Gasteiger partial charge in [-0.05, 0) is 24.3 Å². The molecule has 0 aromatic heterocycles. The Labute approximate surface area is 128 Å². The Morgan fingerprint density at radius 1 is 1.14 bits per heavy atom. The van der Waals surface area contributed by atoms with Gasteiger partial charge in [0.15, 0.2) is 11.5 Å². The van der Waals surface area contributed by atoms with Crippen LogP contribution in [0.2, 0.25) is 0 Å². The molecule has 0 saturated heterocycles. The first kappa shape index (κ1) is 15.4. The number of methoxy groups -OCH3 is 2. The number of anilines is 1. The minimum Gasteiger partial charge on any atom is -0.493 e. The maximum Gasteiger partial charge on any atom is 0.273 e. The number of amides is 1. The Morgan fingerprint density at radius 3 is 2.59 bits per heavy atom. The topological polar surface area (TPSA) is 85.9 Å². The molecule has 0 spiro atoms. The van der Waals surface area contributed by atoms with Crippen LogP contribution >= 0.6 is 0 Å². The van der Waals surface area contributed by atoms with Gasteiger partial charge in [-0.2, -0.15) is 5.10 Å². The van der Waals surface area contributed by atoms with E-state index in [2.05, 4.69) is 10.5 Å². The number of nitrogen functional groups attached to an aromatic ring is 1. The molecule has 0 aliphatic rings. The van der Waals surface area contributed by atoms with Crippen LogP contribution < -0.4 is 20.6 Å². The zero-order valence-corrected chi connectivity index (χ0v) is 12.4. The summed E-state index contributed by atoms with van der Waals surface area (Å²) in [6.45, 7) is 0. The molecule has 0 aliphatic carbocycles. The molecule has 2 rings (SSSR count). The number of ether oxygens (including phenoxy) is 2. The van der Waals surface area contributed by atoms with Crippen LogP contribution in [0.25, 0.3) is 0 Å². The first-order valence-electron chi connectivity index (χ1n) is 6.56. The molecule has 2 aromatic carbocycles. The predicted octanol–water partition coefficient (Wildman–Crippen LogP) is 2.05. The molecule has 1 amide bonds. The van der Waals surface area contributed by atoms with Crippen molar-refractivity contribution < 1.29 is 14.3 Å². The fraction of sp³-hybridized carbons (Fsp3) is 0.125. The maximum absolute atomic E-state index is 12.0. The van der Waals surface area contributed by atoms with E-state index in [4.69, 9.17) is 15.2 Å². The van der Waals surface area contributed by atoms with Crippen LogP contribution in [-0.2, 0) is 0 Å². The van der Waals surface area contributed by atoms with E-state index in [1.54, 1.807) is 56.7 Å². The molecule has 6 nitrogen and oxygen atoms in total. The number of carbonyl (C=O) groups is 1. The van der Waals surface area contributed by atoms with Crippen LogP contribution in [0.15, 0.2) is 47.6 Å². The number of hydrazone groups is 1. The van der Waals surface area contributed by atoms with Gasteiger partial charge in [-0.15, -0.1) is 0 Å². The average molecular weight is 299 g/mol. The number of benzene rings is 2. The van der Waals surface area contributed by atoms with Crippen molar-refractivity contribution in [2.75, 3.05) is 20.0 Å². The molecular formula is C16H17N3O3. The van der Waals surface area contributed by atoms with Gasteiger partial charge in [0.05, 0.1) is 26.0 Å². The summed E-state index contributed by atoms with van der Waals surface area (Å²) in [5.41, 5.74) is 9.62. The number of nitrogens with one attached hydrogen (secondary N) is 1. The van der Waals surface area contributed by atoms with Crippen LogP contribution in [0.4, 0.5) is 5.69 Å². The number of para-hydroxylation sites is 2. The first-order chi connectivity index (χ1) is 10.7. The van der Waals surface area contributed by atoms with Crippen LogP contribution in [-0.4, -0.2) is 26.3 Å². The summed E-state index contributed by atoms with van der Waals surface area (Å²) in [4.78, 5) is 12.0. The summed E-state index contributed by atoms with van der Waals surface area (Å²) in [6, 6.07) is 12.2. The zero-order valence-electron chi connectivity index (χ0n) is 12.4. The Balaban J connectivity index is 2.13. The van der Waals surface area contributed by atoms with Gasteiger partial charge in [0.2, 0.25) is 0 Å². The number of hydrogen-bond donors (Lipinski definition) is 2. The highest BCUT2D eigenvalue weighted by atomic mass is 16.5. The van der Waals surface area contributed by atoms with E-state index >= 15 is 0 Å². The maximum atomic E-state index is 12.0. The SMILES string of the molecule is COc1cccc(/C=N/NC(=O)c2ccccc2N)c1OC. The Kier molecular flexibility index (Phi) is 4.98. The molecule has 0 fully saturated rings. The second-order valence-corrected chi connectivity index (χ2v) is 4.37. The Morgan fingerprint density at radius 2 is 1.91 bits per heavy atom.